The lowest BCUT2D eigenvalue weighted by molar-refractivity contribution is -0.609. The molecule has 0 unspecified atom stereocenters. The van der Waals surface area contributed by atoms with Crippen LogP contribution in [-0.2, 0) is 0 Å². The highest BCUT2D eigenvalue weighted by Crippen LogP contribution is 1.85. The molecule has 0 aliphatic carbocycles. The molecule has 0 aliphatic rings. The molecule has 0 rings (SSSR count). The molecule has 8 nitrogen and oxygen atoms in total. The molecule has 0 saturated heterocycles. The first-order valence-corrected chi connectivity index (χ1v) is 2.00. The van der Waals surface area contributed by atoms with Crippen LogP contribution in [-0.4, -0.2) is 22.1 Å². The maximum atomic E-state index is 9.99. The lowest BCUT2D eigenvalue weighted by atomic mass is 10.9. The molecule has 4 amide bonds. The number of nitrogens with zero attached hydrogens (tertiary/aromatic N) is 2. The molecular weight excluding hydrogens is 144 g/mol. The van der Waals surface area contributed by atoms with E-state index in [2.05, 4.69) is 11.5 Å². The van der Waals surface area contributed by atoms with Gasteiger partial charge in [0.2, 0.25) is 0 Å². The second kappa shape index (κ2) is 2.62. The van der Waals surface area contributed by atoms with E-state index in [-0.39, 0.29) is 0 Å². The number of urea groups is 2. The molecule has 0 fully saturated rings. The Labute approximate surface area is 54.5 Å². The Bertz CT molecular complexity index is 154. The Morgan fingerprint density at radius 1 is 1.30 bits per heavy atom. The number of hydrogen-bond acceptors (Lipinski definition) is 4. The van der Waals surface area contributed by atoms with Crippen molar-refractivity contribution in [3.05, 3.63) is 10.1 Å². The average molecular weight is 148 g/mol. The van der Waals surface area contributed by atoms with Crippen molar-refractivity contribution < 1.29 is 14.6 Å². The molecule has 56 valence electrons. The van der Waals surface area contributed by atoms with Crippen LogP contribution in [0, 0.1) is 10.1 Å². The minimum atomic E-state index is -1.52. The molecule has 0 heterocycles. The summed E-state index contributed by atoms with van der Waals surface area (Å²) in [4.78, 5) is 29.7. The summed E-state index contributed by atoms with van der Waals surface area (Å²) in [6.07, 6.45) is 0. The van der Waals surface area contributed by atoms with Gasteiger partial charge in [0.05, 0.1) is 5.01 Å². The van der Waals surface area contributed by atoms with Crippen molar-refractivity contribution in [1.82, 2.24) is 5.01 Å². The first-order chi connectivity index (χ1) is 4.46. The molecule has 10 heavy (non-hydrogen) atoms. The summed E-state index contributed by atoms with van der Waals surface area (Å²) in [6.45, 7) is 0. The number of hydrogen-bond donors (Lipinski definition) is 2. The van der Waals surface area contributed by atoms with Gasteiger partial charge in [-0.15, -0.1) is 0 Å². The van der Waals surface area contributed by atoms with Crippen LogP contribution < -0.4 is 11.5 Å². The van der Waals surface area contributed by atoms with Crippen LogP contribution >= 0.6 is 0 Å². The van der Waals surface area contributed by atoms with Crippen molar-refractivity contribution in [2.45, 2.75) is 0 Å². The number of rotatable bonds is 1. The highest BCUT2D eigenvalue weighted by Gasteiger charge is 2.27. The molecule has 0 aliphatic heterocycles. The third-order valence-corrected chi connectivity index (χ3v) is 0.581. The highest BCUT2D eigenvalue weighted by molar-refractivity contribution is 5.89. The zero-order valence-corrected chi connectivity index (χ0v) is 4.68. The maximum Gasteiger partial charge on any atom is 0.384 e. The van der Waals surface area contributed by atoms with Crippen LogP contribution in [0.4, 0.5) is 9.59 Å². The number of carbonyl (C=O) groups is 2. The molecule has 4 N–H and O–H groups in total. The lowest BCUT2D eigenvalue weighted by Gasteiger charge is -2.01. The average Bonchev–Trinajstić information content (AvgIpc) is 1.59. The number of hydrazine groups is 1. The smallest absolute Gasteiger partial charge is 0.347 e. The Balaban J connectivity index is 4.43. The fraction of sp³-hybridized carbons (Fsp3) is 0. The van der Waals surface area contributed by atoms with E-state index in [4.69, 9.17) is 0 Å². The van der Waals surface area contributed by atoms with Crippen LogP contribution in [0.2, 0.25) is 0 Å². The van der Waals surface area contributed by atoms with Gasteiger partial charge in [-0.1, -0.05) is 0 Å². The minimum Gasteiger partial charge on any atom is -0.347 e. The highest BCUT2D eigenvalue weighted by atomic mass is 16.7. The summed E-state index contributed by atoms with van der Waals surface area (Å²) in [7, 11) is 0. The first-order valence-electron chi connectivity index (χ1n) is 2.00. The fourth-order valence-corrected chi connectivity index (χ4v) is 0.270. The van der Waals surface area contributed by atoms with E-state index in [0.717, 1.165) is 0 Å². The molecule has 0 atom stereocenters. The summed E-state index contributed by atoms with van der Waals surface area (Å²) >= 11 is 0. The van der Waals surface area contributed by atoms with E-state index in [1.165, 1.54) is 0 Å². The van der Waals surface area contributed by atoms with Crippen molar-refractivity contribution in [1.29, 1.82) is 0 Å². The summed E-state index contributed by atoms with van der Waals surface area (Å²) in [5.41, 5.74) is 8.77. The van der Waals surface area contributed by atoms with E-state index in [1.54, 1.807) is 0 Å². The van der Waals surface area contributed by atoms with Crippen LogP contribution in [0.1, 0.15) is 0 Å². The number of nitro groups is 1. The molecule has 0 spiro atoms. The second-order valence-corrected chi connectivity index (χ2v) is 1.23. The predicted molar refractivity (Wildman–Crippen MR) is 28.0 cm³/mol. The van der Waals surface area contributed by atoms with Crippen LogP contribution in [0.15, 0.2) is 0 Å². The molecule has 0 radical (unpaired) electrons. The van der Waals surface area contributed by atoms with Crippen LogP contribution in [0.5, 0.6) is 0 Å². The van der Waals surface area contributed by atoms with Gasteiger partial charge in [-0.3, -0.25) is 0 Å². The third-order valence-electron chi connectivity index (χ3n) is 0.581. The van der Waals surface area contributed by atoms with Crippen molar-refractivity contribution in [2.24, 2.45) is 11.5 Å². The summed E-state index contributed by atoms with van der Waals surface area (Å²) in [6, 6.07) is -3.03. The minimum absolute atomic E-state index is 0.500. The number of nitrogens with two attached hydrogens (primary N) is 2. The third kappa shape index (κ3) is 1.58. The van der Waals surface area contributed by atoms with Gasteiger partial charge in [0.1, 0.15) is 0 Å². The Hall–Kier alpha value is -1.86. The number of carbonyl (C=O) groups excluding carboxylic acids is 2. The summed E-state index contributed by atoms with van der Waals surface area (Å²) in [5.74, 6) is 0. The standard InChI is InChI=1S/C2H4N4O4/c3-1(7)5(2(4)8)6(9)10/h(H2,3,7)(H2,4,8). The molecular formula is C2H4N4O4. The summed E-state index contributed by atoms with van der Waals surface area (Å²) < 4.78 is 0. The zero-order valence-electron chi connectivity index (χ0n) is 4.68. The van der Waals surface area contributed by atoms with Crippen molar-refractivity contribution in [2.75, 3.05) is 0 Å². The van der Waals surface area contributed by atoms with Gasteiger partial charge < -0.3 is 11.5 Å². The topological polar surface area (TPSA) is 133 Å². The molecule has 0 aromatic heterocycles. The zero-order chi connectivity index (χ0) is 8.31. The molecule has 0 aromatic rings. The van der Waals surface area contributed by atoms with Gasteiger partial charge in [0.25, 0.3) is 0 Å². The number of primary amides is 2. The lowest BCUT2D eigenvalue weighted by Crippen LogP contribution is -2.47. The predicted octanol–water partition coefficient (Wildman–Crippen LogP) is -1.36. The Kier molecular flexibility index (Phi) is 2.13. The van der Waals surface area contributed by atoms with Gasteiger partial charge >= 0.3 is 12.1 Å². The van der Waals surface area contributed by atoms with Crippen molar-refractivity contribution >= 4 is 12.1 Å². The van der Waals surface area contributed by atoms with Gasteiger partial charge in [-0.05, 0) is 0 Å². The maximum absolute atomic E-state index is 9.99. The van der Waals surface area contributed by atoms with Crippen molar-refractivity contribution in [3.63, 3.8) is 0 Å². The van der Waals surface area contributed by atoms with E-state index in [0.29, 0.717) is 0 Å². The van der Waals surface area contributed by atoms with Gasteiger partial charge in [-0.25, -0.2) is 19.7 Å². The van der Waals surface area contributed by atoms with E-state index in [9.17, 15) is 19.7 Å². The summed E-state index contributed by atoms with van der Waals surface area (Å²) in [5, 5.41) is 7.91. The van der Waals surface area contributed by atoms with E-state index in [1.807, 2.05) is 0 Å². The first kappa shape index (κ1) is 8.14. The van der Waals surface area contributed by atoms with E-state index >= 15 is 0 Å². The molecule has 0 bridgehead atoms. The Morgan fingerprint density at radius 2 is 1.60 bits per heavy atom. The SMILES string of the molecule is NC(=O)N(C(N)=O)[N+](=O)[O-]. The van der Waals surface area contributed by atoms with E-state index < -0.39 is 22.1 Å². The normalized spacial score (nSPS) is 8.40. The Morgan fingerprint density at radius 3 is 1.60 bits per heavy atom. The number of imide groups is 1. The largest absolute Gasteiger partial charge is 0.384 e. The van der Waals surface area contributed by atoms with Gasteiger partial charge in [-0.2, -0.15) is 0 Å². The monoisotopic (exact) mass is 148 g/mol. The second-order valence-electron chi connectivity index (χ2n) is 1.23. The van der Waals surface area contributed by atoms with Crippen molar-refractivity contribution in [3.8, 4) is 0 Å². The molecule has 8 heteroatoms. The van der Waals surface area contributed by atoms with Gasteiger partial charge in [0.15, 0.2) is 5.03 Å². The van der Waals surface area contributed by atoms with Gasteiger partial charge in [0, 0.05) is 0 Å². The van der Waals surface area contributed by atoms with Crippen LogP contribution in [0.25, 0.3) is 0 Å². The van der Waals surface area contributed by atoms with Crippen LogP contribution in [0.3, 0.4) is 0 Å². The molecule has 0 aromatic carbocycles. The quantitative estimate of drug-likeness (QED) is 0.350. The molecule has 0 saturated carbocycles. The fourth-order valence-electron chi connectivity index (χ4n) is 0.270. The number of amides is 4.